The standard InChI is InChI=1S/C41H70N2O31/c1-10(48)42-18-24(54)32(15(7-47)69-37(18)72-33-17(8-63-3)65-36(62)19(43-11(2)49)34(33)73-39-29(59)26(56)21(51)13(5-45)67-39)71-41-31(61)35(74-40-30(60)27(57)22(52)14(6-46)68-40)23(53)16(70-41)9-64-38-28(58)25(55)20(50)12(4-44)66-38/h12-41,44-47,50-62H,4-9H2,1-3H3,(H,42,48)(H,43,49)/t12-,13-,14+,15-,16+,17+,18-,19+,20-,21+,22+,23-,24-,25+,26-,27-,28-,29+,30+,31+,32-,33-,34-,35+,36+,37+,38+,39-,40-,41+/m0/s1. The molecule has 74 heavy (non-hydrogen) atoms. The smallest absolute Gasteiger partial charge is 0.217 e. The van der Waals surface area contributed by atoms with Gasteiger partial charge in [0.05, 0.1) is 39.6 Å². The van der Waals surface area contributed by atoms with Gasteiger partial charge in [-0.05, 0) is 0 Å². The number of rotatable bonds is 19. The zero-order valence-electron chi connectivity index (χ0n) is 39.9. The van der Waals surface area contributed by atoms with Crippen LogP contribution in [0.2, 0.25) is 0 Å². The summed E-state index contributed by atoms with van der Waals surface area (Å²) in [7, 11) is 1.22. The highest BCUT2D eigenvalue weighted by Crippen LogP contribution is 2.37. The van der Waals surface area contributed by atoms with Crippen molar-refractivity contribution in [2.45, 2.75) is 198 Å². The summed E-state index contributed by atoms with van der Waals surface area (Å²) in [5.74, 6) is -1.62. The molecule has 6 aliphatic heterocycles. The number of ether oxygens (including phenoxy) is 12. The van der Waals surface area contributed by atoms with E-state index in [0.29, 0.717) is 0 Å². The van der Waals surface area contributed by atoms with Crippen molar-refractivity contribution in [1.29, 1.82) is 0 Å². The number of hydrogen-bond donors (Lipinski definition) is 19. The van der Waals surface area contributed by atoms with Crippen LogP contribution in [-0.4, -0.2) is 329 Å². The second-order valence-electron chi connectivity index (χ2n) is 18.5. The molecule has 6 rings (SSSR count). The van der Waals surface area contributed by atoms with Crippen molar-refractivity contribution in [3.05, 3.63) is 0 Å². The fourth-order valence-electron chi connectivity index (χ4n) is 9.36. The predicted octanol–water partition coefficient (Wildman–Crippen LogP) is -13.2. The lowest BCUT2D eigenvalue weighted by Crippen LogP contribution is -2.71. The third kappa shape index (κ3) is 13.3. The summed E-state index contributed by atoms with van der Waals surface area (Å²) in [6, 6.07) is -3.42. The van der Waals surface area contributed by atoms with E-state index in [-0.39, 0.29) is 0 Å². The Morgan fingerprint density at radius 2 is 0.784 bits per heavy atom. The minimum atomic E-state index is -2.24. The minimum Gasteiger partial charge on any atom is -0.394 e. The van der Waals surface area contributed by atoms with Gasteiger partial charge in [0.15, 0.2) is 37.7 Å². The Hall–Kier alpha value is -2.22. The van der Waals surface area contributed by atoms with Crippen molar-refractivity contribution in [3.63, 3.8) is 0 Å². The molecular weight excluding hydrogens is 1020 g/mol. The summed E-state index contributed by atoms with van der Waals surface area (Å²) in [4.78, 5) is 25.3. The van der Waals surface area contributed by atoms with Crippen LogP contribution >= 0.6 is 0 Å². The van der Waals surface area contributed by atoms with Crippen molar-refractivity contribution in [1.82, 2.24) is 10.6 Å². The van der Waals surface area contributed by atoms with Gasteiger partial charge < -0.3 is 154 Å². The van der Waals surface area contributed by atoms with Gasteiger partial charge in [0.2, 0.25) is 11.8 Å². The van der Waals surface area contributed by atoms with Crippen molar-refractivity contribution >= 4 is 11.8 Å². The lowest BCUT2D eigenvalue weighted by molar-refractivity contribution is -0.387. The van der Waals surface area contributed by atoms with E-state index >= 15 is 0 Å². The van der Waals surface area contributed by atoms with Gasteiger partial charge in [-0.2, -0.15) is 0 Å². The fourth-order valence-corrected chi connectivity index (χ4v) is 9.36. The molecule has 6 heterocycles. The van der Waals surface area contributed by atoms with Gasteiger partial charge in [-0.1, -0.05) is 0 Å². The van der Waals surface area contributed by atoms with Crippen molar-refractivity contribution in [2.24, 2.45) is 0 Å². The topological polar surface area (TPSA) is 513 Å². The molecule has 6 fully saturated rings. The zero-order valence-corrected chi connectivity index (χ0v) is 39.9. The molecule has 0 saturated carbocycles. The Labute approximate surface area is 420 Å². The number of methoxy groups -OCH3 is 1. The second-order valence-corrected chi connectivity index (χ2v) is 18.5. The normalized spacial score (nSPS) is 49.2. The number of nitrogens with one attached hydrogen (secondary N) is 2. The predicted molar refractivity (Wildman–Crippen MR) is 227 cm³/mol. The molecule has 33 heteroatoms. The Balaban J connectivity index is 1.30. The highest BCUT2D eigenvalue weighted by atomic mass is 16.8. The summed E-state index contributed by atoms with van der Waals surface area (Å²) >= 11 is 0. The molecule has 0 spiro atoms. The lowest BCUT2D eigenvalue weighted by Gasteiger charge is -2.51. The third-order valence-electron chi connectivity index (χ3n) is 13.4. The molecule has 0 radical (unpaired) electrons. The first kappa shape index (κ1) is 61.0. The van der Waals surface area contributed by atoms with E-state index in [2.05, 4.69) is 10.6 Å². The van der Waals surface area contributed by atoms with Crippen molar-refractivity contribution in [3.8, 4) is 0 Å². The first-order valence-corrected chi connectivity index (χ1v) is 23.5. The molecule has 430 valence electrons. The molecule has 0 bridgehead atoms. The summed E-state index contributed by atoms with van der Waals surface area (Å²) in [5.41, 5.74) is 0. The van der Waals surface area contributed by atoms with Gasteiger partial charge in [0.1, 0.15) is 146 Å². The number of hydrogen-bond acceptors (Lipinski definition) is 31. The molecule has 2 amide bonds. The van der Waals surface area contributed by atoms with Gasteiger partial charge in [-0.3, -0.25) is 9.59 Å². The Bertz CT molecular complexity index is 1760. The van der Waals surface area contributed by atoms with Gasteiger partial charge in [0, 0.05) is 21.0 Å². The zero-order chi connectivity index (χ0) is 54.6. The highest BCUT2D eigenvalue weighted by molar-refractivity contribution is 5.73. The minimum absolute atomic E-state index is 0.436. The SMILES string of the molecule is COC[C@H]1O[C@@H](O)[C@H](NC(C)=O)[C@H](O[C@@H]2O[C@@H](CO)[C@@H](O)[C@H](O)[C@H]2O)[C@H]1O[C@H]1O[C@@H](CO)[C@H](O[C@H]2O[C@H](CO[C@@H]3O[C@@H](CO)[C@H](O)[C@@H](O)[C@@H]3O)[C@H](O)[C@@H](O[C@@H]3O[C@H](CO)[C@@H](O)[C@H](O)[C@H]3O)[C@H]2O)[C@@H](O)[C@@H]1NC(C)=O. The average molecular weight is 1090 g/mol. The van der Waals surface area contributed by atoms with E-state index in [0.717, 1.165) is 13.8 Å². The molecule has 30 atom stereocenters. The van der Waals surface area contributed by atoms with Crippen LogP contribution in [0.4, 0.5) is 0 Å². The summed E-state index contributed by atoms with van der Waals surface area (Å²) in [5, 5.41) is 186. The Morgan fingerprint density at radius 3 is 1.27 bits per heavy atom. The Kier molecular flexibility index (Phi) is 21.9. The Morgan fingerprint density at radius 1 is 0.378 bits per heavy atom. The molecule has 6 aliphatic rings. The molecular formula is C41H70N2O31. The molecule has 0 aliphatic carbocycles. The maximum absolute atomic E-state index is 12.8. The van der Waals surface area contributed by atoms with Crippen LogP contribution in [0.5, 0.6) is 0 Å². The van der Waals surface area contributed by atoms with E-state index in [1.807, 2.05) is 0 Å². The van der Waals surface area contributed by atoms with Crippen LogP contribution in [0.3, 0.4) is 0 Å². The molecule has 0 unspecified atom stereocenters. The lowest BCUT2D eigenvalue weighted by atomic mass is 9.93. The fraction of sp³-hybridized carbons (Fsp3) is 0.951. The molecule has 6 saturated heterocycles. The summed E-state index contributed by atoms with van der Waals surface area (Å²) in [6.07, 6.45) is -52.6. The van der Waals surface area contributed by atoms with Crippen LogP contribution in [-0.2, 0) is 66.4 Å². The van der Waals surface area contributed by atoms with Gasteiger partial charge in [-0.25, -0.2) is 0 Å². The van der Waals surface area contributed by atoms with Crippen LogP contribution in [0.1, 0.15) is 13.8 Å². The second kappa shape index (κ2) is 26.6. The van der Waals surface area contributed by atoms with Crippen LogP contribution in [0, 0.1) is 0 Å². The van der Waals surface area contributed by atoms with E-state index in [4.69, 9.17) is 56.8 Å². The number of carbonyl (C=O) groups is 2. The largest absolute Gasteiger partial charge is 0.394 e. The van der Waals surface area contributed by atoms with Crippen molar-refractivity contribution in [2.75, 3.05) is 46.8 Å². The number of aliphatic hydroxyl groups excluding tert-OH is 17. The first-order valence-electron chi connectivity index (χ1n) is 23.5. The molecule has 0 aromatic carbocycles. The van der Waals surface area contributed by atoms with Crippen LogP contribution in [0.15, 0.2) is 0 Å². The number of amides is 2. The third-order valence-corrected chi connectivity index (χ3v) is 13.4. The van der Waals surface area contributed by atoms with Gasteiger partial charge in [0.25, 0.3) is 0 Å². The maximum atomic E-state index is 12.8. The van der Waals surface area contributed by atoms with E-state index < -0.39 is 236 Å². The summed E-state index contributed by atoms with van der Waals surface area (Å²) < 4.78 is 69.1. The number of aliphatic hydroxyl groups is 17. The molecule has 19 N–H and O–H groups in total. The average Bonchev–Trinajstić information content (AvgIpc) is 3.36. The quantitative estimate of drug-likeness (QED) is 0.0571. The molecule has 0 aromatic heterocycles. The van der Waals surface area contributed by atoms with Crippen LogP contribution < -0.4 is 10.6 Å². The van der Waals surface area contributed by atoms with Crippen molar-refractivity contribution < 1.29 is 153 Å². The van der Waals surface area contributed by atoms with E-state index in [1.54, 1.807) is 0 Å². The van der Waals surface area contributed by atoms with E-state index in [9.17, 15) is 96.4 Å². The highest BCUT2D eigenvalue weighted by Gasteiger charge is 2.58. The number of carbonyl (C=O) groups excluding carboxylic acids is 2. The van der Waals surface area contributed by atoms with E-state index in [1.165, 1.54) is 7.11 Å². The maximum Gasteiger partial charge on any atom is 0.217 e. The molecule has 0 aromatic rings. The molecule has 33 nitrogen and oxygen atoms in total. The first-order chi connectivity index (χ1) is 35.0. The van der Waals surface area contributed by atoms with Crippen LogP contribution in [0.25, 0.3) is 0 Å². The monoisotopic (exact) mass is 1090 g/mol. The summed E-state index contributed by atoms with van der Waals surface area (Å²) in [6.45, 7) is -2.98. The van der Waals surface area contributed by atoms with Gasteiger partial charge >= 0.3 is 0 Å². The van der Waals surface area contributed by atoms with Gasteiger partial charge in [-0.15, -0.1) is 0 Å².